The zero-order valence-electron chi connectivity index (χ0n) is 11.7. The molecule has 7 nitrogen and oxygen atoms in total. The number of rotatable bonds is 2. The van der Waals surface area contributed by atoms with Gasteiger partial charge in [0.15, 0.2) is 0 Å². The first-order valence-corrected chi connectivity index (χ1v) is 6.96. The number of piperidine rings is 1. The molecule has 1 fully saturated rings. The Labute approximate surface area is 120 Å². The minimum Gasteiger partial charge on any atom is -0.477 e. The molecule has 1 aliphatic rings. The van der Waals surface area contributed by atoms with Crippen molar-refractivity contribution in [1.82, 2.24) is 15.0 Å². The molecule has 1 aliphatic heterocycles. The van der Waals surface area contributed by atoms with Crippen LogP contribution in [0.3, 0.4) is 0 Å². The lowest BCUT2D eigenvalue weighted by molar-refractivity contribution is 0.0695. The fourth-order valence-electron chi connectivity index (χ4n) is 2.71. The zero-order chi connectivity index (χ0) is 15.0. The molecule has 2 aromatic rings. The molecule has 0 atom stereocenters. The molecule has 2 aromatic heterocycles. The normalized spacial score (nSPS) is 15.4. The molecular formula is C14H16N4O3. The third kappa shape index (κ3) is 2.35. The molecule has 0 aliphatic carbocycles. The van der Waals surface area contributed by atoms with Gasteiger partial charge >= 0.3 is 5.97 Å². The lowest BCUT2D eigenvalue weighted by Gasteiger charge is -2.28. The van der Waals surface area contributed by atoms with Gasteiger partial charge in [-0.1, -0.05) is 0 Å². The number of aromatic carboxylic acids is 1. The average molecular weight is 288 g/mol. The van der Waals surface area contributed by atoms with E-state index >= 15 is 0 Å². The highest BCUT2D eigenvalue weighted by Gasteiger charge is 2.21. The summed E-state index contributed by atoms with van der Waals surface area (Å²) in [6.07, 6.45) is 4.44. The van der Waals surface area contributed by atoms with Crippen molar-refractivity contribution < 1.29 is 9.90 Å². The number of hydrogen-bond donors (Lipinski definition) is 2. The number of carboxylic acids is 1. The molecule has 0 spiro atoms. The van der Waals surface area contributed by atoms with E-state index in [-0.39, 0.29) is 10.9 Å². The van der Waals surface area contributed by atoms with E-state index in [2.05, 4.69) is 15.0 Å². The van der Waals surface area contributed by atoms with Gasteiger partial charge in [-0.05, 0) is 26.2 Å². The fraction of sp³-hybridized carbons (Fsp3) is 0.429. The van der Waals surface area contributed by atoms with E-state index in [9.17, 15) is 9.59 Å². The first-order valence-electron chi connectivity index (χ1n) is 6.96. The fourth-order valence-corrected chi connectivity index (χ4v) is 2.71. The zero-order valence-corrected chi connectivity index (χ0v) is 11.7. The quantitative estimate of drug-likeness (QED) is 0.864. The number of fused-ring (bicyclic) bond motifs is 1. The van der Waals surface area contributed by atoms with Crippen molar-refractivity contribution in [1.29, 1.82) is 0 Å². The summed E-state index contributed by atoms with van der Waals surface area (Å²) in [6, 6.07) is 0. The van der Waals surface area contributed by atoms with Gasteiger partial charge in [-0.3, -0.25) is 4.79 Å². The Balaban J connectivity index is 2.28. The summed E-state index contributed by atoms with van der Waals surface area (Å²) in [5.74, 6) is -0.147. The van der Waals surface area contributed by atoms with Crippen LogP contribution >= 0.6 is 0 Å². The minimum atomic E-state index is -1.25. The molecule has 2 N–H and O–H groups in total. The molecule has 110 valence electrons. The lowest BCUT2D eigenvalue weighted by Crippen LogP contribution is -2.32. The van der Waals surface area contributed by atoms with Gasteiger partial charge in [-0.2, -0.15) is 0 Å². The summed E-state index contributed by atoms with van der Waals surface area (Å²) in [7, 11) is 0. The van der Waals surface area contributed by atoms with Crippen molar-refractivity contribution in [3.63, 3.8) is 0 Å². The number of anilines is 1. The van der Waals surface area contributed by atoms with Crippen LogP contribution in [0.1, 0.15) is 35.4 Å². The second-order valence-corrected chi connectivity index (χ2v) is 5.20. The van der Waals surface area contributed by atoms with E-state index in [0.29, 0.717) is 17.3 Å². The molecule has 7 heteroatoms. The van der Waals surface area contributed by atoms with Crippen LogP contribution in [0.15, 0.2) is 11.0 Å². The number of hydrogen-bond acceptors (Lipinski definition) is 5. The van der Waals surface area contributed by atoms with Crippen LogP contribution in [0.4, 0.5) is 5.82 Å². The molecule has 21 heavy (non-hydrogen) atoms. The van der Waals surface area contributed by atoms with E-state index in [4.69, 9.17) is 5.11 Å². The Hall–Kier alpha value is -2.44. The van der Waals surface area contributed by atoms with Gasteiger partial charge in [0.05, 0.1) is 0 Å². The Morgan fingerprint density at radius 2 is 2.00 bits per heavy atom. The van der Waals surface area contributed by atoms with E-state index in [1.807, 2.05) is 4.90 Å². The molecule has 1 saturated heterocycles. The molecule has 0 bridgehead atoms. The van der Waals surface area contributed by atoms with Crippen LogP contribution in [0, 0.1) is 6.92 Å². The molecule has 3 rings (SSSR count). The summed E-state index contributed by atoms with van der Waals surface area (Å²) in [5.41, 5.74) is -0.428. The van der Waals surface area contributed by atoms with Crippen LogP contribution < -0.4 is 10.3 Å². The lowest BCUT2D eigenvalue weighted by atomic mass is 10.1. The van der Waals surface area contributed by atoms with Gasteiger partial charge in [0.1, 0.15) is 28.2 Å². The Bertz CT molecular complexity index is 763. The van der Waals surface area contributed by atoms with Gasteiger partial charge in [0.2, 0.25) is 5.43 Å². The first-order chi connectivity index (χ1) is 10.1. The van der Waals surface area contributed by atoms with Crippen LogP contribution in [-0.2, 0) is 0 Å². The molecule has 0 aromatic carbocycles. The topological polar surface area (TPSA) is 99.2 Å². The Morgan fingerprint density at radius 1 is 1.29 bits per heavy atom. The van der Waals surface area contributed by atoms with E-state index in [0.717, 1.165) is 32.4 Å². The van der Waals surface area contributed by atoms with Gasteiger partial charge in [-0.15, -0.1) is 0 Å². The summed E-state index contributed by atoms with van der Waals surface area (Å²) in [6.45, 7) is 3.40. The highest BCUT2D eigenvalue weighted by Crippen LogP contribution is 2.23. The van der Waals surface area contributed by atoms with Gasteiger partial charge < -0.3 is 15.0 Å². The van der Waals surface area contributed by atoms with Crippen molar-refractivity contribution in [2.75, 3.05) is 18.0 Å². The number of aryl methyl sites for hydroxylation is 1. The summed E-state index contributed by atoms with van der Waals surface area (Å²) in [5, 5.41) is 9.37. The maximum absolute atomic E-state index is 12.4. The third-order valence-electron chi connectivity index (χ3n) is 3.71. The number of aromatic nitrogens is 3. The number of aromatic amines is 1. The smallest absolute Gasteiger partial charge is 0.341 e. The van der Waals surface area contributed by atoms with Crippen LogP contribution in [0.2, 0.25) is 0 Å². The van der Waals surface area contributed by atoms with Gasteiger partial charge in [0, 0.05) is 19.3 Å². The van der Waals surface area contributed by atoms with Crippen molar-refractivity contribution in [3.05, 3.63) is 27.8 Å². The van der Waals surface area contributed by atoms with E-state index in [1.54, 1.807) is 6.92 Å². The minimum absolute atomic E-state index is 0.266. The largest absolute Gasteiger partial charge is 0.477 e. The number of nitrogens with one attached hydrogen (secondary N) is 1. The maximum Gasteiger partial charge on any atom is 0.341 e. The highest BCUT2D eigenvalue weighted by molar-refractivity contribution is 5.95. The van der Waals surface area contributed by atoms with Crippen molar-refractivity contribution >= 4 is 22.8 Å². The van der Waals surface area contributed by atoms with Crippen molar-refractivity contribution in [3.8, 4) is 0 Å². The van der Waals surface area contributed by atoms with Crippen LogP contribution in [0.25, 0.3) is 11.0 Å². The van der Waals surface area contributed by atoms with E-state index < -0.39 is 11.4 Å². The predicted octanol–water partition coefficient (Wildman–Crippen LogP) is 1.32. The van der Waals surface area contributed by atoms with Crippen molar-refractivity contribution in [2.45, 2.75) is 26.2 Å². The van der Waals surface area contributed by atoms with E-state index in [1.165, 1.54) is 6.20 Å². The summed E-state index contributed by atoms with van der Waals surface area (Å²) < 4.78 is 0. The SMILES string of the molecule is Cc1nc(N2CCCCC2)c2c(=O)c(C(=O)O)c[nH]c2n1. The number of nitrogens with zero attached hydrogens (tertiary/aromatic N) is 3. The third-order valence-corrected chi connectivity index (χ3v) is 3.71. The standard InChI is InChI=1S/C14H16N4O3/c1-8-16-12-10(11(19)9(7-15-12)14(20)21)13(17-8)18-5-3-2-4-6-18/h7H,2-6H2,1H3,(H,20,21)(H,15,16,17,19). The molecule has 0 saturated carbocycles. The predicted molar refractivity (Wildman–Crippen MR) is 77.9 cm³/mol. The maximum atomic E-state index is 12.4. The summed E-state index contributed by atoms with van der Waals surface area (Å²) >= 11 is 0. The number of carbonyl (C=O) groups is 1. The average Bonchev–Trinajstić information content (AvgIpc) is 2.47. The monoisotopic (exact) mass is 288 g/mol. The van der Waals surface area contributed by atoms with Crippen LogP contribution in [0.5, 0.6) is 0 Å². The Kier molecular flexibility index (Phi) is 3.32. The summed E-state index contributed by atoms with van der Waals surface area (Å²) in [4.78, 5) is 37.0. The number of H-pyrrole nitrogens is 1. The van der Waals surface area contributed by atoms with Gasteiger partial charge in [-0.25, -0.2) is 14.8 Å². The number of pyridine rings is 1. The number of carboxylic acid groups (broad SMARTS) is 1. The molecular weight excluding hydrogens is 272 g/mol. The molecule has 0 amide bonds. The second kappa shape index (κ2) is 5.16. The van der Waals surface area contributed by atoms with Crippen LogP contribution in [-0.4, -0.2) is 39.1 Å². The van der Waals surface area contributed by atoms with Gasteiger partial charge in [0.25, 0.3) is 0 Å². The second-order valence-electron chi connectivity index (χ2n) is 5.20. The highest BCUT2D eigenvalue weighted by atomic mass is 16.4. The molecule has 3 heterocycles. The van der Waals surface area contributed by atoms with Crippen molar-refractivity contribution in [2.24, 2.45) is 0 Å². The Morgan fingerprint density at radius 3 is 2.67 bits per heavy atom. The molecule has 0 radical (unpaired) electrons. The first kappa shape index (κ1) is 13.5. The molecule has 0 unspecified atom stereocenters.